The highest BCUT2D eigenvalue weighted by molar-refractivity contribution is 5.94. The average molecular weight is 336 g/mol. The number of likely N-dealkylation sites (tertiary alicyclic amines) is 1. The predicted molar refractivity (Wildman–Crippen MR) is 104 cm³/mol. The van der Waals surface area contributed by atoms with Crippen LogP contribution in [0.3, 0.4) is 0 Å². The summed E-state index contributed by atoms with van der Waals surface area (Å²) in [6, 6.07) is 15.1. The van der Waals surface area contributed by atoms with Crippen molar-refractivity contribution in [2.75, 3.05) is 18.4 Å². The quantitative estimate of drug-likeness (QED) is 0.811. The summed E-state index contributed by atoms with van der Waals surface area (Å²) in [5, 5.41) is 3.70. The van der Waals surface area contributed by atoms with E-state index in [9.17, 15) is 4.79 Å². The van der Waals surface area contributed by atoms with Crippen LogP contribution in [0.25, 0.3) is 0 Å². The van der Waals surface area contributed by atoms with Crippen LogP contribution in [0.4, 0.5) is 5.69 Å². The summed E-state index contributed by atoms with van der Waals surface area (Å²) in [4.78, 5) is 14.1. The fraction of sp³-hybridized carbons (Fsp3) is 0.409. The lowest BCUT2D eigenvalue weighted by Crippen LogP contribution is -2.41. The SMILES string of the molecule is CC(=O)c1cccc(CN2CCCC(Nc3ccc(C)c(C)c3)C2)c1. The molecule has 3 rings (SSSR count). The molecule has 0 aliphatic carbocycles. The zero-order valence-corrected chi connectivity index (χ0v) is 15.5. The van der Waals surface area contributed by atoms with Crippen molar-refractivity contribution in [3.8, 4) is 0 Å². The lowest BCUT2D eigenvalue weighted by Gasteiger charge is -2.34. The monoisotopic (exact) mass is 336 g/mol. The largest absolute Gasteiger partial charge is 0.381 e. The molecule has 0 radical (unpaired) electrons. The van der Waals surface area contributed by atoms with Crippen molar-refractivity contribution >= 4 is 11.5 Å². The molecular formula is C22H28N2O. The van der Waals surface area contributed by atoms with Crippen molar-refractivity contribution in [3.63, 3.8) is 0 Å². The molecule has 1 atom stereocenters. The van der Waals surface area contributed by atoms with Gasteiger partial charge in [-0.2, -0.15) is 0 Å². The van der Waals surface area contributed by atoms with Gasteiger partial charge >= 0.3 is 0 Å². The van der Waals surface area contributed by atoms with Gasteiger partial charge in [0.1, 0.15) is 0 Å². The van der Waals surface area contributed by atoms with E-state index in [1.54, 1.807) is 6.92 Å². The van der Waals surface area contributed by atoms with Crippen molar-refractivity contribution in [1.82, 2.24) is 4.90 Å². The number of piperidine rings is 1. The van der Waals surface area contributed by atoms with E-state index < -0.39 is 0 Å². The van der Waals surface area contributed by atoms with Gasteiger partial charge in [0, 0.05) is 30.4 Å². The summed E-state index contributed by atoms with van der Waals surface area (Å²) in [6.45, 7) is 9.01. The maximum absolute atomic E-state index is 11.6. The Balaban J connectivity index is 1.62. The number of rotatable bonds is 5. The van der Waals surface area contributed by atoms with Crippen LogP contribution >= 0.6 is 0 Å². The Morgan fingerprint density at radius 3 is 2.76 bits per heavy atom. The Kier molecular flexibility index (Phi) is 5.54. The topological polar surface area (TPSA) is 32.3 Å². The van der Waals surface area contributed by atoms with Crippen molar-refractivity contribution in [2.24, 2.45) is 0 Å². The number of Topliss-reactive ketones (excluding diaryl/α,β-unsaturated/α-hetero) is 1. The number of hydrogen-bond acceptors (Lipinski definition) is 3. The molecule has 1 aliphatic rings. The zero-order valence-electron chi connectivity index (χ0n) is 15.5. The molecule has 2 aromatic carbocycles. The van der Waals surface area contributed by atoms with Crippen LogP contribution in [-0.2, 0) is 6.54 Å². The van der Waals surface area contributed by atoms with Crippen LogP contribution in [0.1, 0.15) is 46.8 Å². The first-order valence-electron chi connectivity index (χ1n) is 9.17. The van der Waals surface area contributed by atoms with Gasteiger partial charge in [0.15, 0.2) is 5.78 Å². The number of hydrogen-bond donors (Lipinski definition) is 1. The van der Waals surface area contributed by atoms with Crippen molar-refractivity contribution in [1.29, 1.82) is 0 Å². The van der Waals surface area contributed by atoms with Gasteiger partial charge in [0.2, 0.25) is 0 Å². The summed E-state index contributed by atoms with van der Waals surface area (Å²) in [5.74, 6) is 0.134. The summed E-state index contributed by atoms with van der Waals surface area (Å²) in [7, 11) is 0. The van der Waals surface area contributed by atoms with Crippen molar-refractivity contribution in [3.05, 3.63) is 64.7 Å². The minimum atomic E-state index is 0.134. The van der Waals surface area contributed by atoms with Gasteiger partial charge in [-0.25, -0.2) is 0 Å². The smallest absolute Gasteiger partial charge is 0.159 e. The maximum Gasteiger partial charge on any atom is 0.159 e. The molecule has 0 spiro atoms. The number of anilines is 1. The first-order chi connectivity index (χ1) is 12.0. The molecule has 2 aromatic rings. The van der Waals surface area contributed by atoms with Crippen LogP contribution in [0, 0.1) is 13.8 Å². The van der Waals surface area contributed by atoms with Gasteiger partial charge in [0.25, 0.3) is 0 Å². The molecule has 1 unspecified atom stereocenters. The average Bonchev–Trinajstić information content (AvgIpc) is 2.59. The van der Waals surface area contributed by atoms with E-state index in [2.05, 4.69) is 48.3 Å². The second kappa shape index (κ2) is 7.83. The molecule has 0 aromatic heterocycles. The van der Waals surface area contributed by atoms with Crippen LogP contribution < -0.4 is 5.32 Å². The standard InChI is InChI=1S/C22H28N2O/c1-16-9-10-21(12-17(16)2)23-22-8-5-11-24(15-22)14-19-6-4-7-20(13-19)18(3)25/h4,6-7,9-10,12-13,22-23H,5,8,11,14-15H2,1-3H3. The fourth-order valence-corrected chi connectivity index (χ4v) is 3.53. The van der Waals surface area contributed by atoms with E-state index >= 15 is 0 Å². The number of aryl methyl sites for hydroxylation is 2. The molecule has 132 valence electrons. The molecule has 0 amide bonds. The minimum Gasteiger partial charge on any atom is -0.381 e. The Bertz CT molecular complexity index is 753. The Hall–Kier alpha value is -2.13. The number of nitrogens with zero attached hydrogens (tertiary/aromatic N) is 1. The lowest BCUT2D eigenvalue weighted by molar-refractivity contribution is 0.101. The van der Waals surface area contributed by atoms with Gasteiger partial charge < -0.3 is 5.32 Å². The molecule has 25 heavy (non-hydrogen) atoms. The Morgan fingerprint density at radius 2 is 2.00 bits per heavy atom. The molecular weight excluding hydrogens is 308 g/mol. The highest BCUT2D eigenvalue weighted by Gasteiger charge is 2.20. The van der Waals surface area contributed by atoms with Crippen LogP contribution in [0.15, 0.2) is 42.5 Å². The summed E-state index contributed by atoms with van der Waals surface area (Å²) in [6.07, 6.45) is 2.41. The summed E-state index contributed by atoms with van der Waals surface area (Å²) < 4.78 is 0. The maximum atomic E-state index is 11.6. The summed E-state index contributed by atoms with van der Waals surface area (Å²) >= 11 is 0. The van der Waals surface area contributed by atoms with E-state index in [0.29, 0.717) is 6.04 Å². The van der Waals surface area contributed by atoms with E-state index in [1.807, 2.05) is 18.2 Å². The second-order valence-electron chi connectivity index (χ2n) is 7.27. The third-order valence-electron chi connectivity index (χ3n) is 5.12. The number of nitrogens with one attached hydrogen (secondary N) is 1. The van der Waals surface area contributed by atoms with E-state index in [-0.39, 0.29) is 5.78 Å². The molecule has 3 heteroatoms. The number of carbonyl (C=O) groups excluding carboxylic acids is 1. The third kappa shape index (κ3) is 4.70. The van der Waals surface area contributed by atoms with Crippen LogP contribution in [0.2, 0.25) is 0 Å². The number of benzene rings is 2. The molecule has 1 heterocycles. The highest BCUT2D eigenvalue weighted by Crippen LogP contribution is 2.20. The first-order valence-corrected chi connectivity index (χ1v) is 9.17. The van der Waals surface area contributed by atoms with E-state index in [0.717, 1.165) is 25.2 Å². The zero-order chi connectivity index (χ0) is 17.8. The highest BCUT2D eigenvalue weighted by atomic mass is 16.1. The number of carbonyl (C=O) groups is 1. The number of ketones is 1. The normalized spacial score (nSPS) is 18.1. The van der Waals surface area contributed by atoms with Crippen LogP contribution in [-0.4, -0.2) is 29.8 Å². The molecule has 0 bridgehead atoms. The lowest BCUT2D eigenvalue weighted by atomic mass is 10.0. The Morgan fingerprint density at radius 1 is 1.16 bits per heavy atom. The second-order valence-corrected chi connectivity index (χ2v) is 7.27. The molecule has 1 aliphatic heterocycles. The molecule has 1 saturated heterocycles. The van der Waals surface area contributed by atoms with E-state index in [1.165, 1.54) is 35.2 Å². The van der Waals surface area contributed by atoms with Gasteiger partial charge in [-0.1, -0.05) is 24.3 Å². The van der Waals surface area contributed by atoms with Gasteiger partial charge in [-0.3, -0.25) is 9.69 Å². The van der Waals surface area contributed by atoms with Gasteiger partial charge in [0.05, 0.1) is 0 Å². The van der Waals surface area contributed by atoms with Gasteiger partial charge in [-0.15, -0.1) is 0 Å². The minimum absolute atomic E-state index is 0.134. The Labute approximate surface area is 151 Å². The fourth-order valence-electron chi connectivity index (χ4n) is 3.53. The molecule has 1 fully saturated rings. The van der Waals surface area contributed by atoms with Gasteiger partial charge in [-0.05, 0) is 75.0 Å². The van der Waals surface area contributed by atoms with Crippen molar-refractivity contribution in [2.45, 2.75) is 46.2 Å². The van der Waals surface area contributed by atoms with E-state index in [4.69, 9.17) is 0 Å². The molecule has 3 nitrogen and oxygen atoms in total. The molecule has 1 N–H and O–H groups in total. The van der Waals surface area contributed by atoms with Crippen molar-refractivity contribution < 1.29 is 4.79 Å². The summed E-state index contributed by atoms with van der Waals surface area (Å²) in [5.41, 5.74) is 5.91. The molecule has 0 saturated carbocycles. The van der Waals surface area contributed by atoms with Crippen LogP contribution in [0.5, 0.6) is 0 Å². The third-order valence-corrected chi connectivity index (χ3v) is 5.12. The first kappa shape index (κ1) is 17.7. The predicted octanol–water partition coefficient (Wildman–Crippen LogP) is 4.58.